The molecule has 0 N–H and O–H groups in total. The minimum atomic E-state index is 0.513. The molecule has 1 aromatic heterocycles. The van der Waals surface area contributed by atoms with Crippen molar-refractivity contribution in [1.29, 1.82) is 0 Å². The Hall–Kier alpha value is 0.950. The normalized spacial score (nSPS) is 35.3. The highest BCUT2D eigenvalue weighted by Gasteiger charge is 2.47. The standard InChI is InChI=1S/C11H11Br2ClS/c12-10(7-2-5-1-6(5)3-7)9-4-8(14)11(13)15-9/h4-7,10H,1-3H2. The molecule has 2 aliphatic rings. The van der Waals surface area contributed by atoms with Crippen LogP contribution in [0.1, 0.15) is 29.0 Å². The smallest absolute Gasteiger partial charge is 0.0887 e. The number of fused-ring (bicyclic) bond motifs is 1. The summed E-state index contributed by atoms with van der Waals surface area (Å²) >= 11 is 15.1. The van der Waals surface area contributed by atoms with Crippen molar-refractivity contribution in [2.24, 2.45) is 17.8 Å². The molecule has 4 heteroatoms. The fourth-order valence-electron chi connectivity index (χ4n) is 2.73. The number of alkyl halides is 1. The summed E-state index contributed by atoms with van der Waals surface area (Å²) in [5, 5.41) is 0.850. The molecule has 1 aromatic rings. The van der Waals surface area contributed by atoms with Crippen LogP contribution in [0.4, 0.5) is 0 Å². The fourth-order valence-corrected chi connectivity index (χ4v) is 5.39. The molecule has 0 bridgehead atoms. The lowest BCUT2D eigenvalue weighted by Gasteiger charge is -2.17. The van der Waals surface area contributed by atoms with Gasteiger partial charge in [-0.25, -0.2) is 0 Å². The average molecular weight is 371 g/mol. The molecule has 82 valence electrons. The van der Waals surface area contributed by atoms with Gasteiger partial charge in [0.05, 0.1) is 13.6 Å². The van der Waals surface area contributed by atoms with Crippen molar-refractivity contribution >= 4 is 54.8 Å². The molecule has 2 fully saturated rings. The van der Waals surface area contributed by atoms with Crippen LogP contribution in [0.15, 0.2) is 9.85 Å². The highest BCUT2D eigenvalue weighted by Crippen LogP contribution is 2.59. The van der Waals surface area contributed by atoms with Crippen molar-refractivity contribution in [1.82, 2.24) is 0 Å². The zero-order chi connectivity index (χ0) is 10.6. The predicted octanol–water partition coefficient (Wildman–Crippen LogP) is 5.65. The molecule has 3 rings (SSSR count). The van der Waals surface area contributed by atoms with Crippen molar-refractivity contribution in [3.05, 3.63) is 19.8 Å². The molecule has 0 aliphatic heterocycles. The van der Waals surface area contributed by atoms with E-state index in [4.69, 9.17) is 11.6 Å². The summed E-state index contributed by atoms with van der Waals surface area (Å²) in [6.45, 7) is 0. The van der Waals surface area contributed by atoms with Crippen molar-refractivity contribution in [3.63, 3.8) is 0 Å². The number of rotatable bonds is 2. The van der Waals surface area contributed by atoms with Crippen molar-refractivity contribution in [2.45, 2.75) is 24.1 Å². The van der Waals surface area contributed by atoms with Crippen LogP contribution in [0.3, 0.4) is 0 Å². The van der Waals surface area contributed by atoms with Gasteiger partial charge in [0.1, 0.15) is 0 Å². The molecule has 0 amide bonds. The van der Waals surface area contributed by atoms with Gasteiger partial charge in [-0.2, -0.15) is 0 Å². The first-order chi connectivity index (χ1) is 7.15. The van der Waals surface area contributed by atoms with E-state index in [9.17, 15) is 0 Å². The first-order valence-electron chi connectivity index (χ1n) is 5.24. The number of thiophene rings is 1. The Morgan fingerprint density at radius 2 is 2.00 bits per heavy atom. The molecule has 0 nitrogen and oxygen atoms in total. The van der Waals surface area contributed by atoms with E-state index in [1.54, 1.807) is 11.3 Å². The summed E-state index contributed by atoms with van der Waals surface area (Å²) < 4.78 is 1.06. The molecule has 3 atom stereocenters. The van der Waals surface area contributed by atoms with Gasteiger partial charge in [0.25, 0.3) is 0 Å². The third kappa shape index (κ3) is 2.05. The van der Waals surface area contributed by atoms with Gasteiger partial charge in [-0.1, -0.05) is 27.5 Å². The van der Waals surface area contributed by atoms with E-state index < -0.39 is 0 Å². The molecule has 0 aromatic carbocycles. The van der Waals surface area contributed by atoms with Gasteiger partial charge in [-0.15, -0.1) is 11.3 Å². The van der Waals surface area contributed by atoms with E-state index in [0.29, 0.717) is 4.83 Å². The first-order valence-corrected chi connectivity index (χ1v) is 8.14. The predicted molar refractivity (Wildman–Crippen MR) is 73.0 cm³/mol. The maximum Gasteiger partial charge on any atom is 0.0887 e. The molecule has 2 aliphatic carbocycles. The Morgan fingerprint density at radius 1 is 1.33 bits per heavy atom. The van der Waals surface area contributed by atoms with E-state index in [1.807, 2.05) is 0 Å². The highest BCUT2D eigenvalue weighted by atomic mass is 79.9. The van der Waals surface area contributed by atoms with E-state index in [-0.39, 0.29) is 0 Å². The Labute approximate surface area is 116 Å². The van der Waals surface area contributed by atoms with Crippen LogP contribution in [0, 0.1) is 17.8 Å². The molecular formula is C11H11Br2ClS. The van der Waals surface area contributed by atoms with Crippen molar-refractivity contribution in [2.75, 3.05) is 0 Å². The maximum atomic E-state index is 6.06. The second-order valence-electron chi connectivity index (χ2n) is 4.66. The van der Waals surface area contributed by atoms with Crippen LogP contribution in [0.2, 0.25) is 5.02 Å². The molecule has 1 heterocycles. The monoisotopic (exact) mass is 368 g/mol. The minimum Gasteiger partial charge on any atom is -0.130 e. The van der Waals surface area contributed by atoms with Gasteiger partial charge in [-0.3, -0.25) is 0 Å². The van der Waals surface area contributed by atoms with Gasteiger partial charge in [0.2, 0.25) is 0 Å². The molecule has 15 heavy (non-hydrogen) atoms. The van der Waals surface area contributed by atoms with E-state index >= 15 is 0 Å². The lowest BCUT2D eigenvalue weighted by molar-refractivity contribution is 0.485. The van der Waals surface area contributed by atoms with Crippen LogP contribution in [0.5, 0.6) is 0 Å². The Morgan fingerprint density at radius 3 is 2.53 bits per heavy atom. The summed E-state index contributed by atoms with van der Waals surface area (Å²) in [5.74, 6) is 2.93. The third-order valence-electron chi connectivity index (χ3n) is 3.63. The van der Waals surface area contributed by atoms with E-state index in [0.717, 1.165) is 26.6 Å². The second kappa shape index (κ2) is 4.01. The van der Waals surface area contributed by atoms with Crippen molar-refractivity contribution in [3.8, 4) is 0 Å². The van der Waals surface area contributed by atoms with Gasteiger partial charge in [0.15, 0.2) is 0 Å². The van der Waals surface area contributed by atoms with Gasteiger partial charge < -0.3 is 0 Å². The van der Waals surface area contributed by atoms with Crippen LogP contribution >= 0.6 is 54.8 Å². The van der Waals surface area contributed by atoms with Gasteiger partial charge >= 0.3 is 0 Å². The maximum absolute atomic E-state index is 6.06. The summed E-state index contributed by atoms with van der Waals surface area (Å²) in [6, 6.07) is 2.10. The van der Waals surface area contributed by atoms with Crippen LogP contribution in [-0.4, -0.2) is 0 Å². The zero-order valence-electron chi connectivity index (χ0n) is 8.05. The fraction of sp³-hybridized carbons (Fsp3) is 0.636. The number of hydrogen-bond donors (Lipinski definition) is 0. The highest BCUT2D eigenvalue weighted by molar-refractivity contribution is 9.11. The van der Waals surface area contributed by atoms with E-state index in [1.165, 1.54) is 24.1 Å². The van der Waals surface area contributed by atoms with Crippen LogP contribution in [0.25, 0.3) is 0 Å². The summed E-state index contributed by atoms with van der Waals surface area (Å²) in [4.78, 5) is 1.89. The second-order valence-corrected chi connectivity index (χ2v) is 8.45. The average Bonchev–Trinajstić information content (AvgIpc) is 2.66. The Kier molecular flexibility index (Phi) is 2.95. The molecular weight excluding hydrogens is 359 g/mol. The molecule has 0 spiro atoms. The SMILES string of the molecule is Clc1cc(C(Br)C2CC3CC3C2)sc1Br. The lowest BCUT2D eigenvalue weighted by Crippen LogP contribution is -2.03. The molecule has 3 unspecified atom stereocenters. The van der Waals surface area contributed by atoms with Crippen molar-refractivity contribution < 1.29 is 0 Å². The Bertz CT molecular complexity index is 360. The Balaban J connectivity index is 1.76. The summed E-state index contributed by atoms with van der Waals surface area (Å²) in [5.41, 5.74) is 0. The summed E-state index contributed by atoms with van der Waals surface area (Å²) in [6.07, 6.45) is 4.31. The number of halogens is 3. The summed E-state index contributed by atoms with van der Waals surface area (Å²) in [7, 11) is 0. The molecule has 0 radical (unpaired) electrons. The zero-order valence-corrected chi connectivity index (χ0v) is 12.8. The van der Waals surface area contributed by atoms with Crippen LogP contribution < -0.4 is 0 Å². The minimum absolute atomic E-state index is 0.513. The van der Waals surface area contributed by atoms with Gasteiger partial charge in [-0.05, 0) is 59.0 Å². The van der Waals surface area contributed by atoms with Gasteiger partial charge in [0, 0.05) is 4.88 Å². The van der Waals surface area contributed by atoms with Crippen LogP contribution in [-0.2, 0) is 0 Å². The molecule has 0 saturated heterocycles. The first kappa shape index (κ1) is 11.1. The largest absolute Gasteiger partial charge is 0.130 e. The number of hydrogen-bond acceptors (Lipinski definition) is 1. The third-order valence-corrected chi connectivity index (χ3v) is 7.73. The van der Waals surface area contributed by atoms with E-state index in [2.05, 4.69) is 37.9 Å². The topological polar surface area (TPSA) is 0 Å². The quantitative estimate of drug-likeness (QED) is 0.591. The lowest BCUT2D eigenvalue weighted by atomic mass is 9.99. The molecule has 2 saturated carbocycles.